The summed E-state index contributed by atoms with van der Waals surface area (Å²) < 4.78 is 6.26. The van der Waals surface area contributed by atoms with Crippen molar-refractivity contribution in [3.8, 4) is 16.9 Å². The van der Waals surface area contributed by atoms with Crippen molar-refractivity contribution in [2.75, 3.05) is 0 Å². The maximum absolute atomic E-state index is 6.26. The first-order valence-electron chi connectivity index (χ1n) is 9.66. The molecule has 0 amide bonds. The SMILES string of the molecule is CC(C)Oc1ccc2c(c1-c1cccc3c1CCCC3)CCCC2. The zero-order valence-electron chi connectivity index (χ0n) is 15.0. The highest BCUT2D eigenvalue weighted by atomic mass is 16.5. The van der Waals surface area contributed by atoms with Gasteiger partial charge in [0, 0.05) is 5.56 Å². The lowest BCUT2D eigenvalue weighted by atomic mass is 9.80. The van der Waals surface area contributed by atoms with Gasteiger partial charge in [0.25, 0.3) is 0 Å². The summed E-state index contributed by atoms with van der Waals surface area (Å²) >= 11 is 0. The number of benzene rings is 2. The van der Waals surface area contributed by atoms with E-state index in [-0.39, 0.29) is 6.10 Å². The number of rotatable bonds is 3. The normalized spacial score (nSPS) is 16.6. The van der Waals surface area contributed by atoms with Crippen LogP contribution in [0.1, 0.15) is 61.8 Å². The van der Waals surface area contributed by atoms with Gasteiger partial charge in [0.1, 0.15) is 5.75 Å². The molecule has 1 heteroatoms. The summed E-state index contributed by atoms with van der Waals surface area (Å²) in [7, 11) is 0. The summed E-state index contributed by atoms with van der Waals surface area (Å²) in [5, 5.41) is 0. The van der Waals surface area contributed by atoms with Crippen LogP contribution in [0.5, 0.6) is 5.75 Å². The van der Waals surface area contributed by atoms with Crippen molar-refractivity contribution in [2.24, 2.45) is 0 Å². The van der Waals surface area contributed by atoms with Crippen LogP contribution in [0.3, 0.4) is 0 Å². The highest BCUT2D eigenvalue weighted by Crippen LogP contribution is 2.42. The van der Waals surface area contributed by atoms with Crippen molar-refractivity contribution in [2.45, 2.75) is 71.3 Å². The van der Waals surface area contributed by atoms with Gasteiger partial charge in [0.05, 0.1) is 6.10 Å². The molecule has 2 aromatic carbocycles. The van der Waals surface area contributed by atoms with Crippen LogP contribution >= 0.6 is 0 Å². The second-order valence-electron chi connectivity index (χ2n) is 7.60. The molecule has 1 nitrogen and oxygen atoms in total. The Labute approximate surface area is 146 Å². The minimum atomic E-state index is 0.213. The largest absolute Gasteiger partial charge is 0.490 e. The van der Waals surface area contributed by atoms with Crippen molar-refractivity contribution in [3.05, 3.63) is 52.6 Å². The average Bonchev–Trinajstić information content (AvgIpc) is 2.61. The number of aryl methyl sites for hydroxylation is 2. The Balaban J connectivity index is 1.93. The third kappa shape index (κ3) is 2.85. The minimum Gasteiger partial charge on any atom is -0.490 e. The fourth-order valence-corrected chi connectivity index (χ4v) is 4.47. The average molecular weight is 320 g/mol. The van der Waals surface area contributed by atoms with Crippen LogP contribution in [-0.2, 0) is 25.7 Å². The smallest absolute Gasteiger partial charge is 0.127 e. The summed E-state index contributed by atoms with van der Waals surface area (Å²) in [6.07, 6.45) is 10.4. The van der Waals surface area contributed by atoms with Gasteiger partial charge in [-0.25, -0.2) is 0 Å². The summed E-state index contributed by atoms with van der Waals surface area (Å²) in [5.74, 6) is 1.09. The van der Waals surface area contributed by atoms with E-state index in [0.717, 1.165) is 5.75 Å². The Hall–Kier alpha value is -1.76. The molecule has 0 spiro atoms. The molecule has 0 bridgehead atoms. The Morgan fingerprint density at radius 2 is 1.42 bits per heavy atom. The predicted molar refractivity (Wildman–Crippen MR) is 101 cm³/mol. The maximum atomic E-state index is 6.26. The number of fused-ring (bicyclic) bond motifs is 2. The summed E-state index contributed by atoms with van der Waals surface area (Å²) in [6.45, 7) is 4.26. The van der Waals surface area contributed by atoms with Gasteiger partial charge in [-0.05, 0) is 99.1 Å². The first kappa shape index (κ1) is 15.7. The van der Waals surface area contributed by atoms with Crippen LogP contribution in [-0.4, -0.2) is 6.10 Å². The van der Waals surface area contributed by atoms with Gasteiger partial charge in [-0.15, -0.1) is 0 Å². The van der Waals surface area contributed by atoms with Gasteiger partial charge in [-0.1, -0.05) is 24.3 Å². The van der Waals surface area contributed by atoms with Crippen LogP contribution < -0.4 is 4.74 Å². The molecule has 0 heterocycles. The van der Waals surface area contributed by atoms with E-state index in [2.05, 4.69) is 44.2 Å². The standard InChI is InChI=1S/C23H28O/c1-16(2)24-22-15-14-18-9-4-6-12-20(18)23(22)21-13-7-10-17-8-3-5-11-19(17)21/h7,10,13-16H,3-6,8-9,11-12H2,1-2H3. The Morgan fingerprint density at radius 1 is 0.750 bits per heavy atom. The molecule has 24 heavy (non-hydrogen) atoms. The third-order valence-electron chi connectivity index (χ3n) is 5.52. The maximum Gasteiger partial charge on any atom is 0.127 e. The van der Waals surface area contributed by atoms with Gasteiger partial charge < -0.3 is 4.74 Å². The molecular weight excluding hydrogens is 292 g/mol. The Bertz CT molecular complexity index is 742. The van der Waals surface area contributed by atoms with E-state index in [4.69, 9.17) is 4.74 Å². The molecule has 0 aromatic heterocycles. The molecule has 0 saturated heterocycles. The van der Waals surface area contributed by atoms with E-state index >= 15 is 0 Å². The zero-order valence-corrected chi connectivity index (χ0v) is 15.0. The molecule has 2 aliphatic carbocycles. The van der Waals surface area contributed by atoms with E-state index in [0.29, 0.717) is 0 Å². The molecule has 0 fully saturated rings. The van der Waals surface area contributed by atoms with E-state index < -0.39 is 0 Å². The minimum absolute atomic E-state index is 0.213. The topological polar surface area (TPSA) is 9.23 Å². The lowest BCUT2D eigenvalue weighted by molar-refractivity contribution is 0.243. The highest BCUT2D eigenvalue weighted by Gasteiger charge is 2.23. The van der Waals surface area contributed by atoms with Crippen LogP contribution in [0, 0.1) is 0 Å². The van der Waals surface area contributed by atoms with E-state index in [9.17, 15) is 0 Å². The first-order valence-corrected chi connectivity index (χ1v) is 9.66. The molecule has 0 aliphatic heterocycles. The molecule has 2 aliphatic rings. The van der Waals surface area contributed by atoms with Crippen LogP contribution in [0.15, 0.2) is 30.3 Å². The fraction of sp³-hybridized carbons (Fsp3) is 0.478. The van der Waals surface area contributed by atoms with Crippen LogP contribution in [0.25, 0.3) is 11.1 Å². The van der Waals surface area contributed by atoms with Crippen molar-refractivity contribution in [1.29, 1.82) is 0 Å². The second-order valence-corrected chi connectivity index (χ2v) is 7.60. The molecule has 0 radical (unpaired) electrons. The molecule has 0 N–H and O–H groups in total. The lowest BCUT2D eigenvalue weighted by Crippen LogP contribution is -2.12. The zero-order chi connectivity index (χ0) is 16.5. The van der Waals surface area contributed by atoms with Gasteiger partial charge in [0.15, 0.2) is 0 Å². The van der Waals surface area contributed by atoms with Crippen LogP contribution in [0.2, 0.25) is 0 Å². The first-order chi connectivity index (χ1) is 11.7. The van der Waals surface area contributed by atoms with E-state index in [1.165, 1.54) is 62.5 Å². The monoisotopic (exact) mass is 320 g/mol. The molecule has 0 saturated carbocycles. The van der Waals surface area contributed by atoms with Crippen molar-refractivity contribution in [1.82, 2.24) is 0 Å². The molecular formula is C23H28O. The van der Waals surface area contributed by atoms with Crippen LogP contribution in [0.4, 0.5) is 0 Å². The molecule has 2 aromatic rings. The molecule has 126 valence electrons. The summed E-state index contributed by atoms with van der Waals surface area (Å²) in [4.78, 5) is 0. The van der Waals surface area contributed by atoms with Gasteiger partial charge in [0.2, 0.25) is 0 Å². The third-order valence-corrected chi connectivity index (χ3v) is 5.52. The number of hydrogen-bond acceptors (Lipinski definition) is 1. The summed E-state index contributed by atoms with van der Waals surface area (Å²) in [6, 6.07) is 11.4. The van der Waals surface area contributed by atoms with Crippen molar-refractivity contribution < 1.29 is 4.74 Å². The van der Waals surface area contributed by atoms with Crippen molar-refractivity contribution >= 4 is 0 Å². The Kier molecular flexibility index (Phi) is 4.35. The van der Waals surface area contributed by atoms with E-state index in [1.807, 2.05) is 0 Å². The lowest BCUT2D eigenvalue weighted by Gasteiger charge is -2.27. The van der Waals surface area contributed by atoms with Gasteiger partial charge >= 0.3 is 0 Å². The highest BCUT2D eigenvalue weighted by molar-refractivity contribution is 5.79. The van der Waals surface area contributed by atoms with Gasteiger partial charge in [-0.2, -0.15) is 0 Å². The number of ether oxygens (including phenoxy) is 1. The summed E-state index contributed by atoms with van der Waals surface area (Å²) in [5.41, 5.74) is 9.08. The fourth-order valence-electron chi connectivity index (χ4n) is 4.47. The Morgan fingerprint density at radius 3 is 2.17 bits per heavy atom. The molecule has 0 atom stereocenters. The second kappa shape index (κ2) is 6.63. The molecule has 4 rings (SSSR count). The number of hydrogen-bond donors (Lipinski definition) is 0. The van der Waals surface area contributed by atoms with E-state index in [1.54, 1.807) is 22.3 Å². The quantitative estimate of drug-likeness (QED) is 0.684. The predicted octanol–water partition coefficient (Wildman–Crippen LogP) is 5.90. The van der Waals surface area contributed by atoms with Crippen molar-refractivity contribution in [3.63, 3.8) is 0 Å². The molecule has 0 unspecified atom stereocenters. The van der Waals surface area contributed by atoms with Gasteiger partial charge in [-0.3, -0.25) is 0 Å².